The fraction of sp³-hybridized carbons (Fsp3) is 0.400. The molecule has 0 atom stereocenters. The molecule has 0 aliphatic carbocycles. The van der Waals surface area contributed by atoms with E-state index in [1.165, 1.54) is 25.2 Å². The third-order valence-corrected chi connectivity index (χ3v) is 3.18. The molecule has 1 heterocycles. The Labute approximate surface area is 136 Å². The lowest BCUT2D eigenvalue weighted by Crippen LogP contribution is -2.27. The smallest absolute Gasteiger partial charge is 0.415 e. The Morgan fingerprint density at radius 3 is 2.42 bits per heavy atom. The van der Waals surface area contributed by atoms with Crippen LogP contribution in [-0.2, 0) is 19.3 Å². The maximum Gasteiger partial charge on any atom is 0.416 e. The van der Waals surface area contributed by atoms with Crippen LogP contribution >= 0.6 is 0 Å². The predicted molar refractivity (Wildman–Crippen MR) is 78.9 cm³/mol. The summed E-state index contributed by atoms with van der Waals surface area (Å²) < 4.78 is 44.2. The molecule has 0 spiro atoms. The molecule has 130 valence electrons. The predicted octanol–water partition coefficient (Wildman–Crippen LogP) is 2.42. The molecule has 0 aliphatic rings. The molecule has 1 aromatic carbocycles. The molecule has 0 saturated carbocycles. The van der Waals surface area contributed by atoms with Crippen molar-refractivity contribution in [3.05, 3.63) is 47.2 Å². The van der Waals surface area contributed by atoms with Gasteiger partial charge in [-0.3, -0.25) is 4.79 Å². The number of halogens is 3. The number of aromatic nitrogens is 2. The van der Waals surface area contributed by atoms with E-state index in [2.05, 4.69) is 10.2 Å². The molecule has 0 aliphatic heterocycles. The zero-order chi connectivity index (χ0) is 17.9. The van der Waals surface area contributed by atoms with Crippen molar-refractivity contribution in [2.45, 2.75) is 19.3 Å². The van der Waals surface area contributed by atoms with Crippen molar-refractivity contribution in [1.82, 2.24) is 20.0 Å². The highest BCUT2D eigenvalue weighted by molar-refractivity contribution is 5.89. The van der Waals surface area contributed by atoms with Crippen LogP contribution in [0.2, 0.25) is 0 Å². The molecule has 0 N–H and O–H groups in total. The highest BCUT2D eigenvalue weighted by atomic mass is 19.4. The summed E-state index contributed by atoms with van der Waals surface area (Å²) in [4.78, 5) is 15.1. The van der Waals surface area contributed by atoms with E-state index in [1.54, 1.807) is 19.0 Å². The zero-order valence-corrected chi connectivity index (χ0v) is 13.5. The van der Waals surface area contributed by atoms with Crippen LogP contribution in [0.5, 0.6) is 0 Å². The first-order chi connectivity index (χ1) is 11.2. The van der Waals surface area contributed by atoms with Crippen LogP contribution in [0.3, 0.4) is 0 Å². The van der Waals surface area contributed by atoms with Gasteiger partial charge in [-0.25, -0.2) is 0 Å². The van der Waals surface area contributed by atoms with Crippen LogP contribution in [0.25, 0.3) is 0 Å². The molecular weight excluding hydrogens is 325 g/mol. The van der Waals surface area contributed by atoms with Crippen LogP contribution in [0, 0.1) is 0 Å². The summed E-state index contributed by atoms with van der Waals surface area (Å²) in [5.41, 5.74) is -0.780. The monoisotopic (exact) mass is 342 g/mol. The summed E-state index contributed by atoms with van der Waals surface area (Å²) in [6.45, 7) is 0.140. The second-order valence-corrected chi connectivity index (χ2v) is 5.55. The number of rotatable bonds is 5. The normalized spacial score (nSPS) is 11.8. The van der Waals surface area contributed by atoms with Crippen molar-refractivity contribution < 1.29 is 22.4 Å². The molecule has 9 heteroatoms. The van der Waals surface area contributed by atoms with Crippen molar-refractivity contribution >= 4 is 5.91 Å². The Balaban J connectivity index is 2.14. The minimum Gasteiger partial charge on any atom is -0.415 e. The zero-order valence-electron chi connectivity index (χ0n) is 13.5. The van der Waals surface area contributed by atoms with E-state index in [1.807, 2.05) is 0 Å². The van der Waals surface area contributed by atoms with Crippen molar-refractivity contribution in [3.63, 3.8) is 0 Å². The van der Waals surface area contributed by atoms with Gasteiger partial charge in [0.05, 0.1) is 12.1 Å². The SMILES string of the molecule is CN(C)Cc1nnc(C(=O)N(C)Cc2ccccc2C(F)(F)F)o1. The number of carbonyl (C=O) groups is 1. The van der Waals surface area contributed by atoms with Crippen LogP contribution in [0.4, 0.5) is 13.2 Å². The molecule has 0 fully saturated rings. The summed E-state index contributed by atoms with van der Waals surface area (Å²) in [5, 5.41) is 7.38. The second kappa shape index (κ2) is 7.00. The molecule has 1 aromatic heterocycles. The fourth-order valence-electron chi connectivity index (χ4n) is 2.10. The molecule has 1 amide bonds. The van der Waals surface area contributed by atoms with Gasteiger partial charge in [-0.1, -0.05) is 18.2 Å². The van der Waals surface area contributed by atoms with Gasteiger partial charge in [0.2, 0.25) is 5.89 Å². The number of nitrogens with zero attached hydrogens (tertiary/aromatic N) is 4. The van der Waals surface area contributed by atoms with Gasteiger partial charge in [0.25, 0.3) is 0 Å². The minimum atomic E-state index is -4.48. The Kier molecular flexibility index (Phi) is 5.23. The summed E-state index contributed by atoms with van der Waals surface area (Å²) in [6, 6.07) is 5.11. The summed E-state index contributed by atoms with van der Waals surface area (Å²) in [6.07, 6.45) is -4.48. The van der Waals surface area contributed by atoms with Gasteiger partial charge in [0.15, 0.2) is 0 Å². The van der Waals surface area contributed by atoms with Crippen molar-refractivity contribution in [2.24, 2.45) is 0 Å². The Hall–Kier alpha value is -2.42. The average molecular weight is 342 g/mol. The van der Waals surface area contributed by atoms with E-state index >= 15 is 0 Å². The molecule has 2 aromatic rings. The van der Waals surface area contributed by atoms with E-state index in [4.69, 9.17) is 4.42 Å². The second-order valence-electron chi connectivity index (χ2n) is 5.55. The van der Waals surface area contributed by atoms with Crippen LogP contribution in [0.15, 0.2) is 28.7 Å². The summed E-state index contributed by atoms with van der Waals surface area (Å²) in [5.74, 6) is -0.629. The third kappa shape index (κ3) is 4.31. The standard InChI is InChI=1S/C15H17F3N4O2/c1-21(2)9-12-19-20-13(24-12)14(23)22(3)8-10-6-4-5-7-11(10)15(16,17)18/h4-7H,8-9H2,1-3H3. The van der Waals surface area contributed by atoms with E-state index in [0.29, 0.717) is 6.54 Å². The van der Waals surface area contributed by atoms with Crippen molar-refractivity contribution in [2.75, 3.05) is 21.1 Å². The largest absolute Gasteiger partial charge is 0.416 e. The molecule has 0 unspecified atom stereocenters. The lowest BCUT2D eigenvalue weighted by molar-refractivity contribution is -0.138. The van der Waals surface area contributed by atoms with Gasteiger partial charge in [0.1, 0.15) is 0 Å². The Bertz CT molecular complexity index is 713. The van der Waals surface area contributed by atoms with Crippen molar-refractivity contribution in [1.29, 1.82) is 0 Å². The highest BCUT2D eigenvalue weighted by Gasteiger charge is 2.33. The molecule has 0 saturated heterocycles. The van der Waals surface area contributed by atoms with Gasteiger partial charge in [-0.15, -0.1) is 10.2 Å². The van der Waals surface area contributed by atoms with E-state index < -0.39 is 17.6 Å². The number of hydrogen-bond acceptors (Lipinski definition) is 5. The molecular formula is C15H17F3N4O2. The van der Waals surface area contributed by atoms with Crippen LogP contribution in [0.1, 0.15) is 27.7 Å². The van der Waals surface area contributed by atoms with Crippen LogP contribution < -0.4 is 0 Å². The molecule has 24 heavy (non-hydrogen) atoms. The molecule has 0 bridgehead atoms. The quantitative estimate of drug-likeness (QED) is 0.835. The van der Waals surface area contributed by atoms with E-state index in [-0.39, 0.29) is 23.9 Å². The number of amides is 1. The molecule has 2 rings (SSSR count). The van der Waals surface area contributed by atoms with Crippen molar-refractivity contribution in [3.8, 4) is 0 Å². The highest BCUT2D eigenvalue weighted by Crippen LogP contribution is 2.32. The number of carbonyl (C=O) groups excluding carboxylic acids is 1. The van der Waals surface area contributed by atoms with Gasteiger partial charge in [-0.2, -0.15) is 13.2 Å². The maximum absolute atomic E-state index is 13.0. The fourth-order valence-corrected chi connectivity index (χ4v) is 2.10. The minimum absolute atomic E-state index is 0.00567. The van der Waals surface area contributed by atoms with E-state index in [9.17, 15) is 18.0 Å². The number of alkyl halides is 3. The summed E-state index contributed by atoms with van der Waals surface area (Å²) >= 11 is 0. The number of hydrogen-bond donors (Lipinski definition) is 0. The van der Waals surface area contributed by atoms with Gasteiger partial charge in [-0.05, 0) is 25.7 Å². The third-order valence-electron chi connectivity index (χ3n) is 3.18. The van der Waals surface area contributed by atoms with Gasteiger partial charge < -0.3 is 14.2 Å². The first kappa shape index (κ1) is 17.9. The van der Waals surface area contributed by atoms with Gasteiger partial charge >= 0.3 is 18.0 Å². The first-order valence-corrected chi connectivity index (χ1v) is 7.06. The molecule has 0 radical (unpaired) electrons. The first-order valence-electron chi connectivity index (χ1n) is 7.06. The Morgan fingerprint density at radius 2 is 1.79 bits per heavy atom. The topological polar surface area (TPSA) is 62.5 Å². The maximum atomic E-state index is 13.0. The lowest BCUT2D eigenvalue weighted by atomic mass is 10.1. The Morgan fingerprint density at radius 1 is 1.12 bits per heavy atom. The van der Waals surface area contributed by atoms with Crippen LogP contribution in [-0.4, -0.2) is 47.0 Å². The van der Waals surface area contributed by atoms with Gasteiger partial charge in [0, 0.05) is 13.6 Å². The average Bonchev–Trinajstić information content (AvgIpc) is 2.93. The molecule has 6 nitrogen and oxygen atoms in total. The summed E-state index contributed by atoms with van der Waals surface area (Å²) in [7, 11) is 4.98. The lowest BCUT2D eigenvalue weighted by Gasteiger charge is -2.18. The van der Waals surface area contributed by atoms with E-state index in [0.717, 1.165) is 11.0 Å². The number of benzene rings is 1.